The van der Waals surface area contributed by atoms with E-state index >= 15 is 0 Å². The van der Waals surface area contributed by atoms with Crippen LogP contribution in [0.2, 0.25) is 0 Å². The van der Waals surface area contributed by atoms with Crippen LogP contribution in [0.3, 0.4) is 0 Å². The SMILES string of the molecule is C[C@@H]1CN(CCCCOc2cccc(Oc3ccccc3)c2)C[C@H](C)O1. The van der Waals surface area contributed by atoms with Gasteiger partial charge in [0.25, 0.3) is 0 Å². The van der Waals surface area contributed by atoms with Gasteiger partial charge in [0.1, 0.15) is 17.2 Å². The van der Waals surface area contributed by atoms with Gasteiger partial charge in [0.05, 0.1) is 18.8 Å². The van der Waals surface area contributed by atoms with E-state index in [1.165, 1.54) is 0 Å². The lowest BCUT2D eigenvalue weighted by molar-refractivity contribution is -0.0682. The Morgan fingerprint density at radius 3 is 2.35 bits per heavy atom. The minimum Gasteiger partial charge on any atom is -0.493 e. The van der Waals surface area contributed by atoms with Gasteiger partial charge in [-0.1, -0.05) is 24.3 Å². The number of morpholine rings is 1. The summed E-state index contributed by atoms with van der Waals surface area (Å²) in [5.74, 6) is 2.48. The second-order valence-electron chi connectivity index (χ2n) is 6.96. The van der Waals surface area contributed by atoms with Crippen LogP contribution in [0.4, 0.5) is 0 Å². The molecule has 1 fully saturated rings. The average Bonchev–Trinajstić information content (AvgIpc) is 2.62. The van der Waals surface area contributed by atoms with Gasteiger partial charge < -0.3 is 14.2 Å². The van der Waals surface area contributed by atoms with Crippen molar-refractivity contribution in [1.29, 1.82) is 0 Å². The lowest BCUT2D eigenvalue weighted by atomic mass is 10.2. The van der Waals surface area contributed by atoms with Crippen LogP contribution in [0.5, 0.6) is 17.2 Å². The molecule has 1 heterocycles. The molecular weight excluding hydrogens is 326 g/mol. The summed E-state index contributed by atoms with van der Waals surface area (Å²) in [5.41, 5.74) is 0. The lowest BCUT2D eigenvalue weighted by Crippen LogP contribution is -2.45. The molecule has 0 aromatic heterocycles. The van der Waals surface area contributed by atoms with Gasteiger partial charge in [-0.3, -0.25) is 4.90 Å². The maximum absolute atomic E-state index is 5.89. The molecule has 0 spiro atoms. The maximum Gasteiger partial charge on any atom is 0.131 e. The van der Waals surface area contributed by atoms with Gasteiger partial charge in [0.2, 0.25) is 0 Å². The van der Waals surface area contributed by atoms with Crippen molar-refractivity contribution < 1.29 is 14.2 Å². The number of nitrogens with zero attached hydrogens (tertiary/aromatic N) is 1. The third kappa shape index (κ3) is 6.04. The van der Waals surface area contributed by atoms with E-state index in [9.17, 15) is 0 Å². The molecule has 4 heteroatoms. The van der Waals surface area contributed by atoms with Crippen molar-refractivity contribution >= 4 is 0 Å². The molecule has 0 saturated carbocycles. The molecule has 4 nitrogen and oxygen atoms in total. The molecule has 0 bridgehead atoms. The minimum atomic E-state index is 0.336. The van der Waals surface area contributed by atoms with E-state index in [0.29, 0.717) is 12.2 Å². The summed E-state index contributed by atoms with van der Waals surface area (Å²) in [5, 5.41) is 0. The number of ether oxygens (including phenoxy) is 3. The second kappa shape index (κ2) is 9.60. The van der Waals surface area contributed by atoms with Gasteiger partial charge in [-0.25, -0.2) is 0 Å². The summed E-state index contributed by atoms with van der Waals surface area (Å²) < 4.78 is 17.5. The van der Waals surface area contributed by atoms with E-state index in [1.54, 1.807) is 0 Å². The van der Waals surface area contributed by atoms with Crippen LogP contribution in [-0.2, 0) is 4.74 Å². The zero-order valence-corrected chi connectivity index (χ0v) is 15.8. The van der Waals surface area contributed by atoms with Gasteiger partial charge in [-0.05, 0) is 57.5 Å². The zero-order valence-electron chi connectivity index (χ0n) is 15.8. The summed E-state index contributed by atoms with van der Waals surface area (Å²) in [7, 11) is 0. The van der Waals surface area contributed by atoms with Gasteiger partial charge >= 0.3 is 0 Å². The zero-order chi connectivity index (χ0) is 18.2. The normalized spacial score (nSPS) is 20.7. The molecule has 2 aromatic carbocycles. The molecule has 2 atom stereocenters. The summed E-state index contributed by atoms with van der Waals surface area (Å²) >= 11 is 0. The van der Waals surface area contributed by atoms with Crippen LogP contribution in [0.1, 0.15) is 26.7 Å². The molecule has 3 rings (SSSR count). The van der Waals surface area contributed by atoms with Gasteiger partial charge in [-0.2, -0.15) is 0 Å². The fourth-order valence-electron chi connectivity index (χ4n) is 3.35. The Hall–Kier alpha value is -2.04. The monoisotopic (exact) mass is 355 g/mol. The molecule has 1 aliphatic heterocycles. The summed E-state index contributed by atoms with van der Waals surface area (Å²) in [6.07, 6.45) is 2.86. The van der Waals surface area contributed by atoms with Crippen LogP contribution in [-0.4, -0.2) is 43.3 Å². The van der Waals surface area contributed by atoms with E-state index in [2.05, 4.69) is 18.7 Å². The Balaban J connectivity index is 1.38. The number of hydrogen-bond acceptors (Lipinski definition) is 4. The highest BCUT2D eigenvalue weighted by Gasteiger charge is 2.21. The Bertz CT molecular complexity index is 651. The van der Waals surface area contributed by atoms with Crippen LogP contribution in [0.15, 0.2) is 54.6 Å². The predicted octanol–water partition coefficient (Wildman–Crippen LogP) is 4.75. The van der Waals surface area contributed by atoms with Crippen molar-refractivity contribution in [3.63, 3.8) is 0 Å². The Kier molecular flexibility index (Phi) is 6.92. The average molecular weight is 355 g/mol. The van der Waals surface area contributed by atoms with Crippen LogP contribution >= 0.6 is 0 Å². The number of hydrogen-bond donors (Lipinski definition) is 0. The summed E-state index contributed by atoms with van der Waals surface area (Å²) in [6, 6.07) is 17.6. The molecule has 1 aliphatic rings. The van der Waals surface area contributed by atoms with Crippen molar-refractivity contribution in [2.45, 2.75) is 38.9 Å². The van der Waals surface area contributed by atoms with Gasteiger partial charge in [-0.15, -0.1) is 0 Å². The van der Waals surface area contributed by atoms with E-state index in [4.69, 9.17) is 14.2 Å². The largest absolute Gasteiger partial charge is 0.493 e. The summed E-state index contributed by atoms with van der Waals surface area (Å²) in [4.78, 5) is 2.49. The van der Waals surface area contributed by atoms with E-state index in [-0.39, 0.29) is 0 Å². The first kappa shape index (κ1) is 18.7. The first-order chi connectivity index (χ1) is 12.7. The third-order valence-electron chi connectivity index (χ3n) is 4.42. The van der Waals surface area contributed by atoms with Crippen molar-refractivity contribution in [2.75, 3.05) is 26.2 Å². The fourth-order valence-corrected chi connectivity index (χ4v) is 3.35. The minimum absolute atomic E-state index is 0.336. The van der Waals surface area contributed by atoms with Gasteiger partial charge in [0.15, 0.2) is 0 Å². The number of rotatable bonds is 8. The van der Waals surface area contributed by atoms with E-state index in [0.717, 1.165) is 56.3 Å². The first-order valence-electron chi connectivity index (χ1n) is 9.52. The van der Waals surface area contributed by atoms with Gasteiger partial charge in [0, 0.05) is 19.2 Å². The lowest BCUT2D eigenvalue weighted by Gasteiger charge is -2.35. The number of para-hydroxylation sites is 1. The maximum atomic E-state index is 5.89. The molecule has 0 unspecified atom stereocenters. The molecule has 0 aliphatic carbocycles. The summed E-state index contributed by atoms with van der Waals surface area (Å²) in [6.45, 7) is 8.20. The van der Waals surface area contributed by atoms with Crippen molar-refractivity contribution in [1.82, 2.24) is 4.90 Å². The van der Waals surface area contributed by atoms with Crippen molar-refractivity contribution in [3.05, 3.63) is 54.6 Å². The van der Waals surface area contributed by atoms with Crippen LogP contribution in [0, 0.1) is 0 Å². The fraction of sp³-hybridized carbons (Fsp3) is 0.455. The van der Waals surface area contributed by atoms with Crippen LogP contribution in [0.25, 0.3) is 0 Å². The van der Waals surface area contributed by atoms with Crippen LogP contribution < -0.4 is 9.47 Å². The standard InChI is InChI=1S/C22H29NO3/c1-18-16-23(17-19(2)25-18)13-6-7-14-24-21-11-8-12-22(15-21)26-20-9-4-3-5-10-20/h3-5,8-12,15,18-19H,6-7,13-14,16-17H2,1-2H3/t18-,19+. The quantitative estimate of drug-likeness (QED) is 0.640. The second-order valence-corrected chi connectivity index (χ2v) is 6.96. The molecule has 0 N–H and O–H groups in total. The van der Waals surface area contributed by atoms with E-state index in [1.807, 2.05) is 54.6 Å². The number of benzene rings is 2. The highest BCUT2D eigenvalue weighted by atomic mass is 16.5. The molecule has 26 heavy (non-hydrogen) atoms. The Morgan fingerprint density at radius 1 is 0.885 bits per heavy atom. The van der Waals surface area contributed by atoms with Crippen molar-refractivity contribution in [3.8, 4) is 17.2 Å². The topological polar surface area (TPSA) is 30.9 Å². The first-order valence-corrected chi connectivity index (χ1v) is 9.52. The van der Waals surface area contributed by atoms with E-state index < -0.39 is 0 Å². The molecule has 2 aromatic rings. The molecular formula is C22H29NO3. The molecule has 0 amide bonds. The predicted molar refractivity (Wildman–Crippen MR) is 104 cm³/mol. The molecule has 0 radical (unpaired) electrons. The molecule has 1 saturated heterocycles. The third-order valence-corrected chi connectivity index (χ3v) is 4.42. The Labute approximate surface area is 156 Å². The number of unbranched alkanes of at least 4 members (excludes halogenated alkanes) is 1. The highest BCUT2D eigenvalue weighted by Crippen LogP contribution is 2.25. The van der Waals surface area contributed by atoms with Crippen molar-refractivity contribution in [2.24, 2.45) is 0 Å². The smallest absolute Gasteiger partial charge is 0.131 e. The Morgan fingerprint density at radius 2 is 1.58 bits per heavy atom. The highest BCUT2D eigenvalue weighted by molar-refractivity contribution is 5.36. The molecule has 140 valence electrons.